The summed E-state index contributed by atoms with van der Waals surface area (Å²) in [4.78, 5) is 0. The lowest BCUT2D eigenvalue weighted by atomic mass is 10.0. The lowest BCUT2D eigenvalue weighted by Gasteiger charge is -2.16. The van der Waals surface area contributed by atoms with Gasteiger partial charge < -0.3 is 0 Å². The molecule has 0 spiro atoms. The Bertz CT molecular complexity index is 575. The van der Waals surface area contributed by atoms with Crippen LogP contribution in [0.25, 0.3) is 0 Å². The van der Waals surface area contributed by atoms with Crippen molar-refractivity contribution in [1.29, 1.82) is 0 Å². The molecule has 0 aliphatic heterocycles. The van der Waals surface area contributed by atoms with E-state index in [1.54, 1.807) is 0 Å². The number of rotatable bonds is 5. The van der Waals surface area contributed by atoms with Crippen molar-refractivity contribution in [2.75, 3.05) is 0 Å². The molecule has 0 bridgehead atoms. The fraction of sp³-hybridized carbons (Fsp3) is 0.300. The number of benzene rings is 2. The van der Waals surface area contributed by atoms with Gasteiger partial charge >= 0.3 is 0 Å². The van der Waals surface area contributed by atoms with Crippen LogP contribution in [0, 0.1) is 17.8 Å². The van der Waals surface area contributed by atoms with Gasteiger partial charge in [0, 0.05) is 13.0 Å². The van der Waals surface area contributed by atoms with Gasteiger partial charge in [-0.1, -0.05) is 86.4 Å². The molecule has 0 saturated carbocycles. The summed E-state index contributed by atoms with van der Waals surface area (Å²) in [6.45, 7) is 5.28. The summed E-state index contributed by atoms with van der Waals surface area (Å²) in [5.74, 6) is 7.18. The van der Waals surface area contributed by atoms with E-state index in [4.69, 9.17) is 0 Å². The molecule has 0 saturated heterocycles. The molecule has 0 aliphatic rings. The highest BCUT2D eigenvalue weighted by Crippen LogP contribution is 2.04. The Morgan fingerprint density at radius 3 is 2.00 bits per heavy atom. The van der Waals surface area contributed by atoms with E-state index >= 15 is 0 Å². The minimum Gasteiger partial charge on any atom is -0.299 e. The van der Waals surface area contributed by atoms with Crippen LogP contribution in [-0.2, 0) is 13.0 Å². The van der Waals surface area contributed by atoms with Crippen LogP contribution in [-0.4, -0.2) is 6.04 Å². The van der Waals surface area contributed by atoms with Crippen LogP contribution in [0.1, 0.15) is 25.0 Å². The Morgan fingerprint density at radius 2 is 1.43 bits per heavy atom. The van der Waals surface area contributed by atoms with Crippen molar-refractivity contribution in [2.24, 2.45) is 5.92 Å². The van der Waals surface area contributed by atoms with Crippen LogP contribution >= 0.6 is 0 Å². The van der Waals surface area contributed by atoms with Crippen molar-refractivity contribution in [3.05, 3.63) is 71.8 Å². The molecule has 2 aromatic carbocycles. The molecular weight excluding hydrogens is 254 g/mol. The first-order valence-corrected chi connectivity index (χ1v) is 7.55. The van der Waals surface area contributed by atoms with Crippen molar-refractivity contribution in [1.82, 2.24) is 5.32 Å². The molecule has 21 heavy (non-hydrogen) atoms. The van der Waals surface area contributed by atoms with Gasteiger partial charge in [-0.05, 0) is 17.0 Å². The Balaban J connectivity index is 1.91. The smallest absolute Gasteiger partial charge is 0.0715 e. The largest absolute Gasteiger partial charge is 0.299 e. The van der Waals surface area contributed by atoms with Gasteiger partial charge in [0.2, 0.25) is 0 Å². The third-order valence-electron chi connectivity index (χ3n) is 3.43. The molecule has 0 amide bonds. The van der Waals surface area contributed by atoms with E-state index in [1.165, 1.54) is 11.1 Å². The van der Waals surface area contributed by atoms with E-state index in [-0.39, 0.29) is 6.04 Å². The van der Waals surface area contributed by atoms with Gasteiger partial charge in [-0.2, -0.15) is 0 Å². The average molecular weight is 277 g/mol. The maximum atomic E-state index is 3.55. The van der Waals surface area contributed by atoms with Crippen LogP contribution in [0.3, 0.4) is 0 Å². The zero-order valence-corrected chi connectivity index (χ0v) is 12.8. The van der Waals surface area contributed by atoms with Crippen LogP contribution in [0.2, 0.25) is 0 Å². The third kappa shape index (κ3) is 5.45. The zero-order chi connectivity index (χ0) is 14.9. The molecule has 0 heterocycles. The fourth-order valence-electron chi connectivity index (χ4n) is 2.14. The molecule has 2 rings (SSSR count). The van der Waals surface area contributed by atoms with Crippen LogP contribution in [0.15, 0.2) is 60.7 Å². The minimum absolute atomic E-state index is 0.230. The van der Waals surface area contributed by atoms with Crippen LogP contribution in [0.5, 0.6) is 0 Å². The molecule has 0 fully saturated rings. The van der Waals surface area contributed by atoms with Gasteiger partial charge in [0.05, 0.1) is 6.04 Å². The van der Waals surface area contributed by atoms with E-state index in [1.807, 2.05) is 12.1 Å². The third-order valence-corrected chi connectivity index (χ3v) is 3.43. The molecule has 1 nitrogen and oxygen atoms in total. The van der Waals surface area contributed by atoms with Gasteiger partial charge in [0.15, 0.2) is 0 Å². The van der Waals surface area contributed by atoms with E-state index < -0.39 is 0 Å². The van der Waals surface area contributed by atoms with Gasteiger partial charge in [0.1, 0.15) is 0 Å². The van der Waals surface area contributed by atoms with Crippen molar-refractivity contribution in [3.8, 4) is 11.8 Å². The Labute approximate surface area is 128 Å². The summed E-state index contributed by atoms with van der Waals surface area (Å²) in [5, 5.41) is 3.55. The summed E-state index contributed by atoms with van der Waals surface area (Å²) in [6.07, 6.45) is 0.817. The van der Waals surface area contributed by atoms with Crippen molar-refractivity contribution in [2.45, 2.75) is 32.9 Å². The maximum absolute atomic E-state index is 3.55. The molecule has 0 radical (unpaired) electrons. The number of hydrogen-bond acceptors (Lipinski definition) is 1. The summed E-state index contributed by atoms with van der Waals surface area (Å²) in [7, 11) is 0. The molecule has 0 aromatic heterocycles. The summed E-state index contributed by atoms with van der Waals surface area (Å²) in [6, 6.07) is 21.1. The molecule has 1 heteroatoms. The molecule has 1 N–H and O–H groups in total. The van der Waals surface area contributed by atoms with E-state index in [0.29, 0.717) is 5.92 Å². The van der Waals surface area contributed by atoms with Gasteiger partial charge in [-0.15, -0.1) is 0 Å². The average Bonchev–Trinajstić information content (AvgIpc) is 2.52. The fourth-order valence-corrected chi connectivity index (χ4v) is 2.14. The van der Waals surface area contributed by atoms with Crippen molar-refractivity contribution >= 4 is 0 Å². The predicted molar refractivity (Wildman–Crippen MR) is 89.8 cm³/mol. The molecule has 1 atom stereocenters. The summed E-state index contributed by atoms with van der Waals surface area (Å²) >= 11 is 0. The molecule has 0 aliphatic carbocycles. The topological polar surface area (TPSA) is 12.0 Å². The van der Waals surface area contributed by atoms with E-state index in [9.17, 15) is 0 Å². The summed E-state index contributed by atoms with van der Waals surface area (Å²) in [5.41, 5.74) is 2.57. The van der Waals surface area contributed by atoms with E-state index in [0.717, 1.165) is 13.0 Å². The lowest BCUT2D eigenvalue weighted by Crippen LogP contribution is -2.32. The number of nitrogens with one attached hydrogen (secondary N) is 1. The van der Waals surface area contributed by atoms with Crippen LogP contribution < -0.4 is 5.32 Å². The Kier molecular flexibility index (Phi) is 6.06. The lowest BCUT2D eigenvalue weighted by molar-refractivity contribution is 0.475. The normalized spacial score (nSPS) is 11.8. The Morgan fingerprint density at radius 1 is 0.857 bits per heavy atom. The maximum Gasteiger partial charge on any atom is 0.0715 e. The molecule has 1 unspecified atom stereocenters. The number of hydrogen-bond donors (Lipinski definition) is 1. The highest BCUT2D eigenvalue weighted by Gasteiger charge is 2.08. The molecular formula is C20H23N. The SMILES string of the molecule is CC(C)C(C#CCc1ccccc1)NCc1ccccc1. The molecule has 108 valence electrons. The quantitative estimate of drug-likeness (QED) is 0.813. The second kappa shape index (κ2) is 8.29. The van der Waals surface area contributed by atoms with Gasteiger partial charge in [-0.3, -0.25) is 5.32 Å². The Hall–Kier alpha value is -2.04. The van der Waals surface area contributed by atoms with Crippen molar-refractivity contribution in [3.63, 3.8) is 0 Å². The minimum atomic E-state index is 0.230. The first kappa shape index (κ1) is 15.4. The predicted octanol–water partition coefficient (Wildman–Crippen LogP) is 4.05. The van der Waals surface area contributed by atoms with E-state index in [2.05, 4.69) is 79.5 Å². The standard InChI is InChI=1S/C20H23N/c1-17(2)20(21-16-19-12-7-4-8-13-19)15-9-14-18-10-5-3-6-11-18/h3-8,10-13,17,20-21H,14,16H2,1-2H3. The van der Waals surface area contributed by atoms with Gasteiger partial charge in [0.25, 0.3) is 0 Å². The highest BCUT2D eigenvalue weighted by molar-refractivity contribution is 5.22. The highest BCUT2D eigenvalue weighted by atomic mass is 14.9. The monoisotopic (exact) mass is 277 g/mol. The zero-order valence-electron chi connectivity index (χ0n) is 12.8. The second-order valence-corrected chi connectivity index (χ2v) is 5.57. The van der Waals surface area contributed by atoms with Crippen LogP contribution in [0.4, 0.5) is 0 Å². The summed E-state index contributed by atoms with van der Waals surface area (Å²) < 4.78 is 0. The first-order valence-electron chi connectivity index (χ1n) is 7.55. The second-order valence-electron chi connectivity index (χ2n) is 5.57. The van der Waals surface area contributed by atoms with Gasteiger partial charge in [-0.25, -0.2) is 0 Å². The first-order chi connectivity index (χ1) is 10.3. The molecule has 2 aromatic rings. The van der Waals surface area contributed by atoms with Crippen molar-refractivity contribution < 1.29 is 0 Å².